The number of piperidine rings is 1. The summed E-state index contributed by atoms with van der Waals surface area (Å²) in [6.07, 6.45) is 18.9. The van der Waals surface area contributed by atoms with Gasteiger partial charge in [-0.1, -0.05) is 111 Å². The van der Waals surface area contributed by atoms with E-state index < -0.39 is 0 Å². The molecule has 8 rings (SSSR count). The van der Waals surface area contributed by atoms with Crippen molar-refractivity contribution >= 4 is 75.3 Å². The van der Waals surface area contributed by atoms with E-state index in [0.717, 1.165) is 76.8 Å². The van der Waals surface area contributed by atoms with Crippen LogP contribution in [0.2, 0.25) is 0 Å². The second-order valence-electron chi connectivity index (χ2n) is 25.1. The van der Waals surface area contributed by atoms with Gasteiger partial charge < -0.3 is 49.9 Å². The smallest absolute Gasteiger partial charge is 0.308 e. The van der Waals surface area contributed by atoms with E-state index in [-0.39, 0.29) is 83.5 Å². The molecule has 0 aliphatic carbocycles. The normalized spacial score (nSPS) is 14.4. The number of carbonyl (C=O) groups excluding carboxylic acids is 8. The highest BCUT2D eigenvalue weighted by Crippen LogP contribution is 2.15. The van der Waals surface area contributed by atoms with Gasteiger partial charge in [0.2, 0.25) is 41.4 Å². The Kier molecular flexibility index (Phi) is 42.7. The summed E-state index contributed by atoms with van der Waals surface area (Å²) < 4.78 is 10.1. The van der Waals surface area contributed by atoms with Crippen LogP contribution in [0.15, 0.2) is 67.1 Å². The Morgan fingerprint density at radius 2 is 0.935 bits per heavy atom. The molecule has 0 radical (unpaired) electrons. The third-order valence-corrected chi connectivity index (χ3v) is 14.5. The van der Waals surface area contributed by atoms with Crippen LogP contribution in [-0.2, 0) is 54.4 Å². The lowest BCUT2D eigenvalue weighted by atomic mass is 10.1. The molecule has 4 saturated heterocycles. The first-order valence-corrected chi connectivity index (χ1v) is 33.7. The molecular weight excluding hydrogens is 1200 g/mol. The highest BCUT2D eigenvalue weighted by molar-refractivity contribution is 7.13. The SMILES string of the molecule is CC(C)C(=O)N1CCCC1.CC(C)C(=O)N1CCCCC1.CC(C)C(=O)N1CCN(C)CC1.CC(C)C(=O)N1CCOCC1.CC(C)C(=O)Nc1cccnc1.CC(C)C(=O)Nc1cnccn1.CC(C)C(=O)Nc1nccs1.Cc1cnc(COC(=O)C(C)C)cn1. The zero-order valence-corrected chi connectivity index (χ0v) is 59.9. The van der Waals surface area contributed by atoms with Gasteiger partial charge in [0, 0.05) is 143 Å². The Morgan fingerprint density at radius 1 is 0.473 bits per heavy atom. The number of piperazine rings is 1. The fourth-order valence-electron chi connectivity index (χ4n) is 8.02. The number of nitrogens with one attached hydrogen (secondary N) is 3. The van der Waals surface area contributed by atoms with Crippen LogP contribution in [0.1, 0.15) is 154 Å². The zero-order chi connectivity index (χ0) is 70.0. The van der Waals surface area contributed by atoms with Crippen LogP contribution in [0.3, 0.4) is 0 Å². The number of hydrogen-bond donors (Lipinski definition) is 3. The summed E-state index contributed by atoms with van der Waals surface area (Å²) in [5.41, 5.74) is 2.27. The van der Waals surface area contributed by atoms with Crippen LogP contribution in [0.25, 0.3) is 0 Å². The first-order chi connectivity index (χ1) is 43.9. The fourth-order valence-corrected chi connectivity index (χ4v) is 8.55. The molecule has 520 valence electrons. The summed E-state index contributed by atoms with van der Waals surface area (Å²) in [4.78, 5) is 124. The molecule has 4 aliphatic heterocycles. The first kappa shape index (κ1) is 83.6. The number of amides is 7. The van der Waals surface area contributed by atoms with Crippen molar-refractivity contribution in [2.75, 3.05) is 102 Å². The molecule has 0 spiro atoms. The standard InChI is InChI=1S/C10H14N2O2.C9H18N2O.C9H12N2O.C9H17NO.C8H11N3O.C8H15NO2.C8H15NO.C7H10N2OS/c1-7(2)10(13)14-6-9-5-11-8(3)4-12-9;1-8(2)9(12)11-6-4-10(3)5-7-11;1-7(2)9(12)11-8-4-3-5-10-6-8;1-8(2)9(11)10-6-4-3-5-7-10;1-6(2)8(12)11-7-5-9-3-4-10-7;1-7(2)8(10)9-3-5-11-6-4-9;1-7(2)8(10)9-5-3-4-6-9;1-5(2)6(10)9-7-8-3-4-11-7/h4-5,7H,6H2,1-3H3;8H,4-7H2,1-3H3;3-7H,1-2H3,(H,11,12);8H,3-7H2,1-2H3;3-6H,1-2H3,(H,10,11,12);7H,3-6H2,1-2H3;7H,3-6H2,1-2H3;3-5H,1-2H3,(H,8,9,10). The number of esters is 1. The van der Waals surface area contributed by atoms with Gasteiger partial charge in [0.25, 0.3) is 0 Å². The minimum absolute atomic E-state index is 0.00482. The number of aryl methyl sites for hydroxylation is 1. The van der Waals surface area contributed by atoms with Gasteiger partial charge >= 0.3 is 5.97 Å². The van der Waals surface area contributed by atoms with E-state index in [0.29, 0.717) is 47.6 Å². The van der Waals surface area contributed by atoms with Crippen molar-refractivity contribution in [3.63, 3.8) is 0 Å². The molecule has 3 N–H and O–H groups in total. The van der Waals surface area contributed by atoms with Crippen molar-refractivity contribution in [2.24, 2.45) is 47.3 Å². The minimum Gasteiger partial charge on any atom is -0.459 e. The van der Waals surface area contributed by atoms with Crippen LogP contribution in [0.4, 0.5) is 16.6 Å². The van der Waals surface area contributed by atoms with E-state index in [1.165, 1.54) is 55.8 Å². The number of thiazole rings is 1. The van der Waals surface area contributed by atoms with Crippen molar-refractivity contribution in [2.45, 2.75) is 156 Å². The number of anilines is 3. The van der Waals surface area contributed by atoms with E-state index in [9.17, 15) is 38.4 Å². The molecule has 4 aliphatic rings. The number of aromatic nitrogens is 6. The third kappa shape index (κ3) is 37.8. The largest absolute Gasteiger partial charge is 0.459 e. The quantitative estimate of drug-likeness (QED) is 0.105. The monoisotopic (exact) mass is 1320 g/mol. The van der Waals surface area contributed by atoms with Gasteiger partial charge in [-0.15, -0.1) is 11.3 Å². The van der Waals surface area contributed by atoms with E-state index >= 15 is 0 Å². The Morgan fingerprint density at radius 3 is 1.34 bits per heavy atom. The van der Waals surface area contributed by atoms with Crippen LogP contribution in [0.5, 0.6) is 0 Å². The topological polar surface area (TPSA) is 285 Å². The Bertz CT molecular complexity index is 2620. The van der Waals surface area contributed by atoms with Crippen LogP contribution in [-0.4, -0.2) is 187 Å². The molecule has 25 heteroatoms. The van der Waals surface area contributed by atoms with Crippen LogP contribution in [0, 0.1) is 54.3 Å². The Labute approximate surface area is 559 Å². The summed E-state index contributed by atoms with van der Waals surface area (Å²) in [5.74, 6) is 1.94. The summed E-state index contributed by atoms with van der Waals surface area (Å²) in [6, 6.07) is 3.60. The predicted molar refractivity (Wildman–Crippen MR) is 367 cm³/mol. The van der Waals surface area contributed by atoms with Gasteiger partial charge in [0.15, 0.2) is 10.9 Å². The number of likely N-dealkylation sites (tertiary alicyclic amines) is 2. The Hall–Kier alpha value is -7.38. The molecule has 4 fully saturated rings. The van der Waals surface area contributed by atoms with Gasteiger partial charge in [-0.05, 0) is 58.2 Å². The molecule has 24 nitrogen and oxygen atoms in total. The molecule has 0 bridgehead atoms. The maximum Gasteiger partial charge on any atom is 0.308 e. The van der Waals surface area contributed by atoms with Crippen LogP contribution >= 0.6 is 11.3 Å². The lowest BCUT2D eigenvalue weighted by molar-refractivity contribution is -0.149. The second kappa shape index (κ2) is 47.5. The van der Waals surface area contributed by atoms with Crippen molar-refractivity contribution in [1.29, 1.82) is 0 Å². The zero-order valence-electron chi connectivity index (χ0n) is 59.1. The van der Waals surface area contributed by atoms with Gasteiger partial charge in [0.1, 0.15) is 6.61 Å². The lowest BCUT2D eigenvalue weighted by Gasteiger charge is -2.33. The summed E-state index contributed by atoms with van der Waals surface area (Å²) in [5, 5.41) is 10.6. The van der Waals surface area contributed by atoms with Crippen LogP contribution < -0.4 is 16.0 Å². The number of morpholine rings is 1. The lowest BCUT2D eigenvalue weighted by Crippen LogP contribution is -2.48. The Balaban J connectivity index is 0.000000532. The highest BCUT2D eigenvalue weighted by Gasteiger charge is 2.23. The molecule has 93 heavy (non-hydrogen) atoms. The predicted octanol–water partition coefficient (Wildman–Crippen LogP) is 9.81. The number of hydrogen-bond acceptors (Lipinski definition) is 18. The molecular formula is C68H112N14O10S. The molecule has 0 saturated carbocycles. The average molecular weight is 1320 g/mol. The second-order valence-corrected chi connectivity index (χ2v) is 26.0. The minimum atomic E-state index is -0.215. The first-order valence-electron chi connectivity index (χ1n) is 32.8. The fraction of sp³-hybridized carbons (Fsp3) is 0.647. The van der Waals surface area contributed by atoms with E-state index in [1.54, 1.807) is 57.1 Å². The molecule has 4 aromatic heterocycles. The number of carbonyl (C=O) groups is 8. The van der Waals surface area contributed by atoms with E-state index in [1.807, 2.05) is 135 Å². The number of pyridine rings is 1. The molecule has 0 unspecified atom stereocenters. The van der Waals surface area contributed by atoms with Gasteiger partial charge in [0.05, 0.1) is 54.8 Å². The summed E-state index contributed by atoms with van der Waals surface area (Å²) in [7, 11) is 2.09. The number of likely N-dealkylation sites (N-methyl/N-ethyl adjacent to an activating group) is 1. The summed E-state index contributed by atoms with van der Waals surface area (Å²) in [6.45, 7) is 43.0. The third-order valence-electron chi connectivity index (χ3n) is 13.8. The molecule has 0 aromatic carbocycles. The molecule has 4 aromatic rings. The maximum atomic E-state index is 11.5. The van der Waals surface area contributed by atoms with E-state index in [4.69, 9.17) is 9.47 Å². The molecule has 0 atom stereocenters. The number of rotatable bonds is 13. The van der Waals surface area contributed by atoms with E-state index in [2.05, 4.69) is 57.8 Å². The number of ether oxygens (including phenoxy) is 2. The average Bonchev–Trinajstić information content (AvgIpc) is 4.36. The van der Waals surface area contributed by atoms with Gasteiger partial charge in [-0.2, -0.15) is 0 Å². The van der Waals surface area contributed by atoms with Gasteiger partial charge in [-0.25, -0.2) is 9.97 Å². The number of nitrogens with zero attached hydrogens (tertiary/aromatic N) is 11. The maximum absolute atomic E-state index is 11.5. The van der Waals surface area contributed by atoms with Gasteiger partial charge in [-0.3, -0.25) is 58.3 Å². The van der Waals surface area contributed by atoms with Crippen molar-refractivity contribution in [3.8, 4) is 0 Å². The molecule has 7 amide bonds. The molecule has 8 heterocycles. The highest BCUT2D eigenvalue weighted by atomic mass is 32.1. The van der Waals surface area contributed by atoms with Crippen molar-refractivity contribution in [1.82, 2.24) is 54.4 Å². The van der Waals surface area contributed by atoms with Crippen molar-refractivity contribution in [3.05, 3.63) is 78.5 Å². The van der Waals surface area contributed by atoms with Crippen molar-refractivity contribution < 1.29 is 47.8 Å². The summed E-state index contributed by atoms with van der Waals surface area (Å²) >= 11 is 1.43.